The van der Waals surface area contributed by atoms with Crippen LogP contribution in [0.15, 0.2) is 12.2 Å². The predicted octanol–water partition coefficient (Wildman–Crippen LogP) is 0.309. The van der Waals surface area contributed by atoms with Crippen LogP contribution in [0.2, 0.25) is 0 Å². The molecule has 1 amide bonds. The van der Waals surface area contributed by atoms with Crippen LogP contribution in [-0.2, 0) is 14.3 Å². The van der Waals surface area contributed by atoms with E-state index in [2.05, 4.69) is 5.32 Å². The van der Waals surface area contributed by atoms with Crippen molar-refractivity contribution >= 4 is 11.9 Å². The number of carboxylic acid groups (broad SMARTS) is 1. The van der Waals surface area contributed by atoms with E-state index in [1.165, 1.54) is 0 Å². The third-order valence-corrected chi connectivity index (χ3v) is 4.31. The molecule has 1 fully saturated rings. The molecule has 1 aliphatic carbocycles. The molecule has 1 aliphatic heterocycles. The Morgan fingerprint density at radius 3 is 2.55 bits per heavy atom. The molecule has 2 aliphatic rings. The summed E-state index contributed by atoms with van der Waals surface area (Å²) in [5, 5.41) is 22.1. The minimum absolute atomic E-state index is 0.0968. The first-order chi connectivity index (χ1) is 9.44. The van der Waals surface area contributed by atoms with Gasteiger partial charge in [0.15, 0.2) is 0 Å². The summed E-state index contributed by atoms with van der Waals surface area (Å²) in [5.74, 6) is -2.52. The number of nitrogens with one attached hydrogen (secondary N) is 1. The van der Waals surface area contributed by atoms with Gasteiger partial charge in [0.2, 0.25) is 5.91 Å². The fraction of sp³-hybridized carbons (Fsp3) is 0.714. The Morgan fingerprint density at radius 2 is 2.00 bits per heavy atom. The molecule has 0 aromatic heterocycles. The molecule has 3 N–H and O–H groups in total. The van der Waals surface area contributed by atoms with Crippen LogP contribution in [0, 0.1) is 11.8 Å². The molecular formula is C14H21NO5. The van der Waals surface area contributed by atoms with Gasteiger partial charge in [0.05, 0.1) is 17.9 Å². The first kappa shape index (κ1) is 15.0. The molecule has 4 atom stereocenters. The summed E-state index contributed by atoms with van der Waals surface area (Å²) in [6, 6.07) is 0. The van der Waals surface area contributed by atoms with Crippen LogP contribution in [0.1, 0.15) is 26.2 Å². The molecular weight excluding hydrogens is 262 g/mol. The number of ether oxygens (including phenoxy) is 1. The first-order valence-electron chi connectivity index (χ1n) is 6.93. The van der Waals surface area contributed by atoms with E-state index in [1.54, 1.807) is 13.0 Å². The van der Waals surface area contributed by atoms with E-state index < -0.39 is 23.4 Å². The van der Waals surface area contributed by atoms with Crippen molar-refractivity contribution in [3.05, 3.63) is 12.2 Å². The average Bonchev–Trinajstić information content (AvgIpc) is 2.76. The van der Waals surface area contributed by atoms with Gasteiger partial charge in [0.1, 0.15) is 5.60 Å². The topological polar surface area (TPSA) is 95.9 Å². The summed E-state index contributed by atoms with van der Waals surface area (Å²) < 4.78 is 5.30. The molecule has 1 saturated heterocycles. The zero-order valence-corrected chi connectivity index (χ0v) is 11.5. The summed E-state index contributed by atoms with van der Waals surface area (Å²) in [7, 11) is 0. The minimum atomic E-state index is -1.06. The third-order valence-electron chi connectivity index (χ3n) is 4.31. The lowest BCUT2D eigenvalue weighted by atomic mass is 9.82. The number of rotatable bonds is 4. The zero-order valence-electron chi connectivity index (χ0n) is 11.5. The van der Waals surface area contributed by atoms with Crippen LogP contribution in [0.3, 0.4) is 0 Å². The van der Waals surface area contributed by atoms with Gasteiger partial charge in [-0.2, -0.15) is 0 Å². The highest BCUT2D eigenvalue weighted by Crippen LogP contribution is 2.28. The Kier molecular flexibility index (Phi) is 4.45. The molecule has 0 spiro atoms. The van der Waals surface area contributed by atoms with Crippen LogP contribution in [-0.4, -0.2) is 46.9 Å². The van der Waals surface area contributed by atoms with Crippen molar-refractivity contribution in [1.82, 2.24) is 5.32 Å². The molecule has 20 heavy (non-hydrogen) atoms. The summed E-state index contributed by atoms with van der Waals surface area (Å²) in [4.78, 5) is 23.3. The standard InChI is InChI=1S/C14H21NO5/c1-9-14(19,6-7-20-9)8-15-12(16)10-4-2-3-5-11(10)13(17)18/h2-3,9-11,19H,4-8H2,1H3,(H,15,16)(H,17,18). The maximum Gasteiger partial charge on any atom is 0.307 e. The van der Waals surface area contributed by atoms with Crippen molar-refractivity contribution in [2.75, 3.05) is 13.2 Å². The van der Waals surface area contributed by atoms with E-state index in [1.807, 2.05) is 6.08 Å². The largest absolute Gasteiger partial charge is 0.481 e. The van der Waals surface area contributed by atoms with E-state index >= 15 is 0 Å². The molecule has 0 saturated carbocycles. The molecule has 112 valence electrons. The predicted molar refractivity (Wildman–Crippen MR) is 71.0 cm³/mol. The van der Waals surface area contributed by atoms with Gasteiger partial charge >= 0.3 is 5.97 Å². The molecule has 0 radical (unpaired) electrons. The molecule has 1 heterocycles. The lowest BCUT2D eigenvalue weighted by molar-refractivity contribution is -0.147. The molecule has 6 heteroatoms. The Hall–Kier alpha value is -1.40. The second kappa shape index (κ2) is 5.93. The highest BCUT2D eigenvalue weighted by molar-refractivity contribution is 5.85. The number of carbonyl (C=O) groups is 2. The van der Waals surface area contributed by atoms with E-state index in [0.717, 1.165) is 0 Å². The van der Waals surface area contributed by atoms with Crippen molar-refractivity contribution in [3.8, 4) is 0 Å². The van der Waals surface area contributed by atoms with Crippen LogP contribution in [0.25, 0.3) is 0 Å². The SMILES string of the molecule is CC1OCCC1(O)CNC(=O)C1CC=CCC1C(=O)O. The number of allylic oxidation sites excluding steroid dienone is 2. The summed E-state index contributed by atoms with van der Waals surface area (Å²) >= 11 is 0. The summed E-state index contributed by atoms with van der Waals surface area (Å²) in [6.07, 6.45) is 4.57. The Balaban J connectivity index is 1.94. The maximum absolute atomic E-state index is 12.2. The second-order valence-electron chi connectivity index (χ2n) is 5.58. The summed E-state index contributed by atoms with van der Waals surface area (Å²) in [6.45, 7) is 2.33. The quantitative estimate of drug-likeness (QED) is 0.645. The number of amides is 1. The molecule has 4 unspecified atom stereocenters. The number of aliphatic carboxylic acids is 1. The minimum Gasteiger partial charge on any atom is -0.481 e. The highest BCUT2D eigenvalue weighted by atomic mass is 16.5. The van der Waals surface area contributed by atoms with Crippen molar-refractivity contribution < 1.29 is 24.5 Å². The first-order valence-corrected chi connectivity index (χ1v) is 6.93. The van der Waals surface area contributed by atoms with Crippen LogP contribution >= 0.6 is 0 Å². The Bertz CT molecular complexity index is 422. The normalized spacial score (nSPS) is 36.8. The Labute approximate surface area is 117 Å². The van der Waals surface area contributed by atoms with Gasteiger partial charge in [-0.3, -0.25) is 9.59 Å². The number of hydrogen-bond donors (Lipinski definition) is 3. The smallest absolute Gasteiger partial charge is 0.307 e. The lowest BCUT2D eigenvalue weighted by Crippen LogP contribution is -2.50. The van der Waals surface area contributed by atoms with E-state index in [9.17, 15) is 14.7 Å². The Morgan fingerprint density at radius 1 is 1.35 bits per heavy atom. The van der Waals surface area contributed by atoms with Gasteiger partial charge in [0, 0.05) is 19.6 Å². The molecule has 0 aromatic carbocycles. The van der Waals surface area contributed by atoms with Gasteiger partial charge in [-0.25, -0.2) is 0 Å². The number of hydrogen-bond acceptors (Lipinski definition) is 4. The fourth-order valence-electron chi connectivity index (χ4n) is 2.75. The van der Waals surface area contributed by atoms with E-state index in [0.29, 0.717) is 25.9 Å². The van der Waals surface area contributed by atoms with Gasteiger partial charge in [0.25, 0.3) is 0 Å². The van der Waals surface area contributed by atoms with Crippen LogP contribution in [0.4, 0.5) is 0 Å². The van der Waals surface area contributed by atoms with Crippen molar-refractivity contribution in [1.29, 1.82) is 0 Å². The number of carboxylic acids is 1. The van der Waals surface area contributed by atoms with Crippen molar-refractivity contribution in [3.63, 3.8) is 0 Å². The molecule has 2 rings (SSSR count). The molecule has 0 aromatic rings. The third kappa shape index (κ3) is 3.02. The van der Waals surface area contributed by atoms with E-state index in [-0.39, 0.29) is 18.6 Å². The van der Waals surface area contributed by atoms with Crippen LogP contribution < -0.4 is 5.32 Å². The van der Waals surface area contributed by atoms with Gasteiger partial charge in [-0.1, -0.05) is 12.2 Å². The van der Waals surface area contributed by atoms with Gasteiger partial charge in [-0.15, -0.1) is 0 Å². The van der Waals surface area contributed by atoms with E-state index in [4.69, 9.17) is 9.84 Å². The fourth-order valence-corrected chi connectivity index (χ4v) is 2.75. The van der Waals surface area contributed by atoms with Gasteiger partial charge < -0.3 is 20.3 Å². The second-order valence-corrected chi connectivity index (χ2v) is 5.58. The van der Waals surface area contributed by atoms with Crippen molar-refractivity contribution in [2.45, 2.75) is 37.9 Å². The average molecular weight is 283 g/mol. The van der Waals surface area contributed by atoms with Gasteiger partial charge in [-0.05, 0) is 19.8 Å². The number of carbonyl (C=O) groups excluding carboxylic acids is 1. The lowest BCUT2D eigenvalue weighted by Gasteiger charge is -2.29. The zero-order chi connectivity index (χ0) is 14.8. The van der Waals surface area contributed by atoms with Crippen molar-refractivity contribution in [2.24, 2.45) is 11.8 Å². The highest BCUT2D eigenvalue weighted by Gasteiger charge is 2.41. The van der Waals surface area contributed by atoms with Crippen LogP contribution in [0.5, 0.6) is 0 Å². The maximum atomic E-state index is 12.2. The monoisotopic (exact) mass is 283 g/mol. The molecule has 6 nitrogen and oxygen atoms in total. The molecule has 0 bridgehead atoms. The number of aliphatic hydroxyl groups is 1. The summed E-state index contributed by atoms with van der Waals surface area (Å²) in [5.41, 5.74) is -1.06.